The van der Waals surface area contributed by atoms with Gasteiger partial charge in [-0.2, -0.15) is 0 Å². The van der Waals surface area contributed by atoms with Crippen molar-refractivity contribution in [1.82, 2.24) is 9.88 Å². The molecule has 0 fully saturated rings. The largest absolute Gasteiger partial charge is 0.366 e. The predicted octanol–water partition coefficient (Wildman–Crippen LogP) is 8.03. The molecular weight excluding hydrogens is 448 g/mol. The van der Waals surface area contributed by atoms with Crippen molar-refractivity contribution in [3.8, 4) is 0 Å². The van der Waals surface area contributed by atoms with Crippen molar-refractivity contribution in [3.63, 3.8) is 0 Å². The molecule has 1 aliphatic carbocycles. The van der Waals surface area contributed by atoms with Crippen LogP contribution < -0.4 is 0 Å². The maximum atomic E-state index is 4.99. The Hall–Kier alpha value is -3.65. The summed E-state index contributed by atoms with van der Waals surface area (Å²) in [7, 11) is 0. The fraction of sp³-hybridized carbons (Fsp3) is 0.286. The molecule has 2 aromatic carbocycles. The molecule has 4 atom stereocenters. The first-order chi connectivity index (χ1) is 18.0. The van der Waals surface area contributed by atoms with E-state index < -0.39 is 0 Å². The maximum Gasteiger partial charge on any atom is 0.0727 e. The molecule has 186 valence electrons. The fourth-order valence-corrected chi connectivity index (χ4v) is 6.65. The van der Waals surface area contributed by atoms with Crippen LogP contribution in [-0.2, 0) is 11.8 Å². The molecule has 37 heavy (non-hydrogen) atoms. The summed E-state index contributed by atoms with van der Waals surface area (Å²) < 4.78 is 0. The van der Waals surface area contributed by atoms with E-state index >= 15 is 0 Å². The summed E-state index contributed by atoms with van der Waals surface area (Å²) in [6.07, 6.45) is 19.4. The Morgan fingerprint density at radius 2 is 1.78 bits per heavy atom. The van der Waals surface area contributed by atoms with Crippen LogP contribution in [0.3, 0.4) is 0 Å². The van der Waals surface area contributed by atoms with Crippen molar-refractivity contribution in [2.24, 2.45) is 11.8 Å². The second-order valence-electron chi connectivity index (χ2n) is 11.4. The molecule has 1 aromatic heterocycles. The first-order valence-corrected chi connectivity index (χ1v) is 13.6. The predicted molar refractivity (Wildman–Crippen MR) is 154 cm³/mol. The third-order valence-electron chi connectivity index (χ3n) is 8.35. The second-order valence-corrected chi connectivity index (χ2v) is 11.4. The van der Waals surface area contributed by atoms with E-state index in [1.807, 2.05) is 6.20 Å². The Labute approximate surface area is 221 Å². The van der Waals surface area contributed by atoms with Gasteiger partial charge < -0.3 is 4.90 Å². The van der Waals surface area contributed by atoms with Crippen LogP contribution in [0.2, 0.25) is 0 Å². The number of hydrogen-bond acceptors (Lipinski definition) is 2. The number of allylic oxidation sites excluding steroid dienone is 6. The van der Waals surface area contributed by atoms with E-state index in [1.54, 1.807) is 0 Å². The van der Waals surface area contributed by atoms with Gasteiger partial charge in [0.25, 0.3) is 0 Å². The second kappa shape index (κ2) is 9.67. The summed E-state index contributed by atoms with van der Waals surface area (Å²) in [5, 5.41) is 0. The molecule has 0 N–H and O–H groups in total. The zero-order chi connectivity index (χ0) is 25.4. The molecule has 3 heterocycles. The number of hydrogen-bond donors (Lipinski definition) is 0. The van der Waals surface area contributed by atoms with Gasteiger partial charge in [0.1, 0.15) is 0 Å². The Bertz CT molecular complexity index is 1390. The van der Waals surface area contributed by atoms with Gasteiger partial charge in [-0.15, -0.1) is 0 Å². The standard InChI is InChI=1S/C35H36N2/c1-25(2)21-26-18-19-36-33(22-26)30-23-28(27-11-5-4-6-12-27)16-17-32(30)35(3)24-37-20-10-9-15-34(37)29-13-7-8-14-31(29)35/h4-20,22-23,25,30,32,34H,21,24H2,1-3H3/t30?,32-,34?,35+/m0/s1. The van der Waals surface area contributed by atoms with Crippen LogP contribution >= 0.6 is 0 Å². The van der Waals surface area contributed by atoms with Gasteiger partial charge in [0, 0.05) is 35.7 Å². The molecule has 0 saturated carbocycles. The first kappa shape index (κ1) is 23.7. The summed E-state index contributed by atoms with van der Waals surface area (Å²) in [6, 6.07) is 24.7. The van der Waals surface area contributed by atoms with Crippen molar-refractivity contribution in [2.75, 3.05) is 6.54 Å². The van der Waals surface area contributed by atoms with Gasteiger partial charge in [0.2, 0.25) is 0 Å². The van der Waals surface area contributed by atoms with Crippen LogP contribution in [0, 0.1) is 11.8 Å². The zero-order valence-corrected chi connectivity index (χ0v) is 22.1. The summed E-state index contributed by atoms with van der Waals surface area (Å²) in [5.41, 5.74) is 7.91. The van der Waals surface area contributed by atoms with Gasteiger partial charge in [-0.1, -0.05) is 106 Å². The number of aromatic nitrogens is 1. The summed E-state index contributed by atoms with van der Waals surface area (Å²) in [4.78, 5) is 7.51. The van der Waals surface area contributed by atoms with Gasteiger partial charge in [0.05, 0.1) is 6.04 Å². The molecule has 2 nitrogen and oxygen atoms in total. The highest BCUT2D eigenvalue weighted by Crippen LogP contribution is 2.51. The van der Waals surface area contributed by atoms with Crippen LogP contribution in [0.25, 0.3) is 5.57 Å². The van der Waals surface area contributed by atoms with Gasteiger partial charge in [-0.05, 0) is 64.6 Å². The Morgan fingerprint density at radius 3 is 2.62 bits per heavy atom. The molecule has 2 heteroatoms. The Kier molecular flexibility index (Phi) is 6.20. The molecule has 0 spiro atoms. The number of rotatable bonds is 5. The average Bonchev–Trinajstić information content (AvgIpc) is 2.93. The lowest BCUT2D eigenvalue weighted by molar-refractivity contribution is 0.174. The number of nitrogens with zero attached hydrogens (tertiary/aromatic N) is 2. The Morgan fingerprint density at radius 1 is 0.973 bits per heavy atom. The molecule has 2 unspecified atom stereocenters. The smallest absolute Gasteiger partial charge is 0.0727 e. The molecule has 2 aliphatic heterocycles. The van der Waals surface area contributed by atoms with Crippen LogP contribution in [0.15, 0.2) is 116 Å². The Balaban J connectivity index is 1.48. The molecule has 0 radical (unpaired) electrons. The number of benzene rings is 2. The van der Waals surface area contributed by atoms with E-state index in [2.05, 4.69) is 135 Å². The van der Waals surface area contributed by atoms with Gasteiger partial charge in [-0.25, -0.2) is 0 Å². The van der Waals surface area contributed by atoms with Crippen molar-refractivity contribution in [3.05, 3.63) is 144 Å². The number of fused-ring (bicyclic) bond motifs is 3. The number of pyridine rings is 1. The highest BCUT2D eigenvalue weighted by atomic mass is 15.2. The topological polar surface area (TPSA) is 16.1 Å². The molecule has 0 bridgehead atoms. The third kappa shape index (κ3) is 4.39. The average molecular weight is 485 g/mol. The van der Waals surface area contributed by atoms with E-state index in [1.165, 1.54) is 33.5 Å². The van der Waals surface area contributed by atoms with E-state index in [0.29, 0.717) is 12.0 Å². The monoisotopic (exact) mass is 484 g/mol. The SMILES string of the molecule is CC(C)Cc1ccnc(C2C=C(c3ccccc3)C=C[C@@H]2[C@]2(C)CN3C=CC=CC3c3ccccc32)c1. The molecule has 0 amide bonds. The summed E-state index contributed by atoms with van der Waals surface area (Å²) >= 11 is 0. The normalized spacial score (nSPS) is 26.1. The minimum atomic E-state index is -0.0712. The lowest BCUT2D eigenvalue weighted by atomic mass is 9.60. The molecule has 3 aliphatic rings. The zero-order valence-electron chi connectivity index (χ0n) is 22.1. The van der Waals surface area contributed by atoms with Gasteiger partial charge in [0.15, 0.2) is 0 Å². The third-order valence-corrected chi connectivity index (χ3v) is 8.35. The molecule has 6 rings (SSSR count). The van der Waals surface area contributed by atoms with E-state index in [-0.39, 0.29) is 17.3 Å². The van der Waals surface area contributed by atoms with Crippen LogP contribution in [0.4, 0.5) is 0 Å². The summed E-state index contributed by atoms with van der Waals surface area (Å²) in [5.74, 6) is 1.08. The van der Waals surface area contributed by atoms with E-state index in [4.69, 9.17) is 4.98 Å². The van der Waals surface area contributed by atoms with Crippen molar-refractivity contribution < 1.29 is 0 Å². The van der Waals surface area contributed by atoms with Gasteiger partial charge in [-0.3, -0.25) is 4.98 Å². The molecular formula is C35H36N2. The van der Waals surface area contributed by atoms with E-state index in [9.17, 15) is 0 Å². The molecule has 3 aromatic rings. The van der Waals surface area contributed by atoms with Crippen molar-refractivity contribution in [1.29, 1.82) is 0 Å². The highest BCUT2D eigenvalue weighted by Gasteiger charge is 2.47. The molecule has 0 saturated heterocycles. The summed E-state index contributed by atoms with van der Waals surface area (Å²) in [6.45, 7) is 8.02. The highest BCUT2D eigenvalue weighted by molar-refractivity contribution is 5.76. The quantitative estimate of drug-likeness (QED) is 0.364. The van der Waals surface area contributed by atoms with Crippen LogP contribution in [0.1, 0.15) is 60.7 Å². The van der Waals surface area contributed by atoms with Crippen molar-refractivity contribution in [2.45, 2.75) is 44.6 Å². The van der Waals surface area contributed by atoms with E-state index in [0.717, 1.165) is 13.0 Å². The minimum Gasteiger partial charge on any atom is -0.366 e. The van der Waals surface area contributed by atoms with Crippen LogP contribution in [0.5, 0.6) is 0 Å². The minimum absolute atomic E-state index is 0.0712. The van der Waals surface area contributed by atoms with Crippen LogP contribution in [-0.4, -0.2) is 16.4 Å². The lowest BCUT2D eigenvalue weighted by Gasteiger charge is -2.51. The maximum absolute atomic E-state index is 4.99. The lowest BCUT2D eigenvalue weighted by Crippen LogP contribution is -2.49. The van der Waals surface area contributed by atoms with Gasteiger partial charge >= 0.3 is 0 Å². The van der Waals surface area contributed by atoms with Crippen molar-refractivity contribution >= 4 is 5.57 Å². The first-order valence-electron chi connectivity index (χ1n) is 13.6. The fourth-order valence-electron chi connectivity index (χ4n) is 6.65.